The Balaban J connectivity index is 2.53. The summed E-state index contributed by atoms with van der Waals surface area (Å²) in [5.41, 5.74) is 6.62. The van der Waals surface area contributed by atoms with Gasteiger partial charge >= 0.3 is 0 Å². The minimum atomic E-state index is -0.214. The number of rotatable bonds is 7. The Morgan fingerprint density at radius 3 is 3.00 bits per heavy atom. The summed E-state index contributed by atoms with van der Waals surface area (Å²) in [6, 6.07) is 4.91. The van der Waals surface area contributed by atoms with Gasteiger partial charge in [-0.3, -0.25) is 4.79 Å². The first-order chi connectivity index (χ1) is 8.69. The van der Waals surface area contributed by atoms with Crippen molar-refractivity contribution in [1.29, 1.82) is 0 Å². The average Bonchev–Trinajstić information content (AvgIpc) is 2.38. The Bertz CT molecular complexity index is 419. The van der Waals surface area contributed by atoms with Crippen LogP contribution in [-0.2, 0) is 4.74 Å². The van der Waals surface area contributed by atoms with E-state index in [2.05, 4.69) is 11.9 Å². The summed E-state index contributed by atoms with van der Waals surface area (Å²) in [5, 5.41) is 2.73. The zero-order chi connectivity index (χ0) is 13.4. The van der Waals surface area contributed by atoms with Crippen molar-refractivity contribution < 1.29 is 14.3 Å². The van der Waals surface area contributed by atoms with Gasteiger partial charge in [-0.1, -0.05) is 6.08 Å². The number of anilines is 1. The van der Waals surface area contributed by atoms with Gasteiger partial charge in [-0.25, -0.2) is 0 Å². The van der Waals surface area contributed by atoms with Crippen LogP contribution in [0, 0.1) is 0 Å². The summed E-state index contributed by atoms with van der Waals surface area (Å²) in [6.45, 7) is 4.87. The molecule has 0 aliphatic rings. The Labute approximate surface area is 107 Å². The quantitative estimate of drug-likeness (QED) is 0.433. The standard InChI is InChI=1S/C13H18N2O3/c1-3-7-18-8-6-15-13(16)11-5-4-10(14)9-12(11)17-2/h3-5,9H,1,6-8,14H2,2H3,(H,15,16). The zero-order valence-corrected chi connectivity index (χ0v) is 10.4. The molecule has 1 aromatic rings. The minimum absolute atomic E-state index is 0.214. The molecule has 5 heteroatoms. The number of hydrogen-bond acceptors (Lipinski definition) is 4. The molecule has 0 aliphatic carbocycles. The van der Waals surface area contributed by atoms with Crippen LogP contribution < -0.4 is 15.8 Å². The number of benzene rings is 1. The zero-order valence-electron chi connectivity index (χ0n) is 10.4. The third-order valence-electron chi connectivity index (χ3n) is 2.24. The number of carbonyl (C=O) groups excluding carboxylic acids is 1. The summed E-state index contributed by atoms with van der Waals surface area (Å²) >= 11 is 0. The van der Waals surface area contributed by atoms with Gasteiger partial charge in [0.2, 0.25) is 0 Å². The lowest BCUT2D eigenvalue weighted by Gasteiger charge is -2.10. The first-order valence-electron chi connectivity index (χ1n) is 5.59. The summed E-state index contributed by atoms with van der Waals surface area (Å²) in [7, 11) is 1.50. The molecule has 0 bridgehead atoms. The monoisotopic (exact) mass is 250 g/mol. The normalized spacial score (nSPS) is 9.83. The Hall–Kier alpha value is -2.01. The predicted octanol–water partition coefficient (Wildman–Crippen LogP) is 1.21. The van der Waals surface area contributed by atoms with Gasteiger partial charge < -0.3 is 20.5 Å². The molecule has 0 radical (unpaired) electrons. The highest BCUT2D eigenvalue weighted by molar-refractivity contribution is 5.97. The largest absolute Gasteiger partial charge is 0.496 e. The number of nitrogens with two attached hydrogens (primary N) is 1. The van der Waals surface area contributed by atoms with Gasteiger partial charge in [0.15, 0.2) is 0 Å². The lowest BCUT2D eigenvalue weighted by atomic mass is 10.1. The topological polar surface area (TPSA) is 73.6 Å². The molecule has 1 aromatic carbocycles. The van der Waals surface area contributed by atoms with Crippen molar-refractivity contribution in [3.63, 3.8) is 0 Å². The van der Waals surface area contributed by atoms with Gasteiger partial charge in [0, 0.05) is 18.3 Å². The lowest BCUT2D eigenvalue weighted by molar-refractivity contribution is 0.0926. The highest BCUT2D eigenvalue weighted by atomic mass is 16.5. The van der Waals surface area contributed by atoms with Crippen LogP contribution in [0.4, 0.5) is 5.69 Å². The van der Waals surface area contributed by atoms with Gasteiger partial charge in [-0.05, 0) is 12.1 Å². The van der Waals surface area contributed by atoms with Crippen LogP contribution in [0.3, 0.4) is 0 Å². The van der Waals surface area contributed by atoms with Crippen molar-refractivity contribution in [3.8, 4) is 5.75 Å². The first-order valence-corrected chi connectivity index (χ1v) is 5.59. The number of amides is 1. The number of ether oxygens (including phenoxy) is 2. The molecule has 18 heavy (non-hydrogen) atoms. The molecule has 5 nitrogen and oxygen atoms in total. The van der Waals surface area contributed by atoms with E-state index in [4.69, 9.17) is 15.2 Å². The number of hydrogen-bond donors (Lipinski definition) is 2. The molecule has 0 saturated carbocycles. The molecule has 0 heterocycles. The van der Waals surface area contributed by atoms with E-state index in [-0.39, 0.29) is 5.91 Å². The van der Waals surface area contributed by atoms with Crippen LogP contribution >= 0.6 is 0 Å². The SMILES string of the molecule is C=CCOCCNC(=O)c1ccc(N)cc1OC. The fourth-order valence-corrected chi connectivity index (χ4v) is 1.39. The molecule has 3 N–H and O–H groups in total. The van der Waals surface area contributed by atoms with Crippen molar-refractivity contribution in [2.75, 3.05) is 32.6 Å². The molecule has 98 valence electrons. The smallest absolute Gasteiger partial charge is 0.255 e. The Morgan fingerprint density at radius 1 is 1.56 bits per heavy atom. The molecule has 0 fully saturated rings. The Morgan fingerprint density at radius 2 is 2.33 bits per heavy atom. The lowest BCUT2D eigenvalue weighted by Crippen LogP contribution is -2.27. The highest BCUT2D eigenvalue weighted by Crippen LogP contribution is 2.21. The van der Waals surface area contributed by atoms with E-state index >= 15 is 0 Å². The Kier molecular flexibility index (Phi) is 5.73. The molecule has 1 amide bonds. The molecule has 0 spiro atoms. The van der Waals surface area contributed by atoms with Crippen LogP contribution in [0.5, 0.6) is 5.75 Å². The van der Waals surface area contributed by atoms with Gasteiger partial charge in [0.1, 0.15) is 5.75 Å². The van der Waals surface area contributed by atoms with E-state index in [1.165, 1.54) is 7.11 Å². The van der Waals surface area contributed by atoms with E-state index in [1.807, 2.05) is 0 Å². The van der Waals surface area contributed by atoms with Crippen molar-refractivity contribution in [1.82, 2.24) is 5.32 Å². The molecule has 0 unspecified atom stereocenters. The van der Waals surface area contributed by atoms with Gasteiger partial charge in [0.05, 0.1) is 25.9 Å². The van der Waals surface area contributed by atoms with Crippen LogP contribution in [0.15, 0.2) is 30.9 Å². The van der Waals surface area contributed by atoms with Crippen LogP contribution in [0.2, 0.25) is 0 Å². The maximum absolute atomic E-state index is 11.9. The van der Waals surface area contributed by atoms with Crippen molar-refractivity contribution >= 4 is 11.6 Å². The van der Waals surface area contributed by atoms with E-state index < -0.39 is 0 Å². The third kappa shape index (κ3) is 4.10. The number of carbonyl (C=O) groups is 1. The fraction of sp³-hybridized carbons (Fsp3) is 0.308. The fourth-order valence-electron chi connectivity index (χ4n) is 1.39. The number of nitrogens with one attached hydrogen (secondary N) is 1. The second kappa shape index (κ2) is 7.34. The van der Waals surface area contributed by atoms with Crippen molar-refractivity contribution in [3.05, 3.63) is 36.4 Å². The third-order valence-corrected chi connectivity index (χ3v) is 2.24. The molecular formula is C13H18N2O3. The van der Waals surface area contributed by atoms with Crippen LogP contribution in [-0.4, -0.2) is 32.8 Å². The molecule has 0 aliphatic heterocycles. The summed E-state index contributed by atoms with van der Waals surface area (Å²) < 4.78 is 10.3. The van der Waals surface area contributed by atoms with E-state index in [0.717, 1.165) is 0 Å². The summed E-state index contributed by atoms with van der Waals surface area (Å²) in [4.78, 5) is 11.9. The minimum Gasteiger partial charge on any atom is -0.496 e. The van der Waals surface area contributed by atoms with Crippen LogP contribution in [0.1, 0.15) is 10.4 Å². The predicted molar refractivity (Wildman–Crippen MR) is 70.8 cm³/mol. The maximum atomic E-state index is 11.9. The number of nitrogen functional groups attached to an aromatic ring is 1. The second-order valence-electron chi connectivity index (χ2n) is 3.58. The first kappa shape index (κ1) is 14.1. The molecule has 1 rings (SSSR count). The summed E-state index contributed by atoms with van der Waals surface area (Å²) in [5.74, 6) is 0.244. The van der Waals surface area contributed by atoms with Crippen molar-refractivity contribution in [2.45, 2.75) is 0 Å². The van der Waals surface area contributed by atoms with Gasteiger partial charge in [0.25, 0.3) is 5.91 Å². The van der Waals surface area contributed by atoms with Crippen molar-refractivity contribution in [2.24, 2.45) is 0 Å². The molecule has 0 aromatic heterocycles. The highest BCUT2D eigenvalue weighted by Gasteiger charge is 2.11. The van der Waals surface area contributed by atoms with E-state index in [0.29, 0.717) is 36.8 Å². The maximum Gasteiger partial charge on any atom is 0.255 e. The second-order valence-corrected chi connectivity index (χ2v) is 3.58. The summed E-state index contributed by atoms with van der Waals surface area (Å²) in [6.07, 6.45) is 1.66. The average molecular weight is 250 g/mol. The van der Waals surface area contributed by atoms with E-state index in [1.54, 1.807) is 24.3 Å². The molecular weight excluding hydrogens is 232 g/mol. The number of methoxy groups -OCH3 is 1. The van der Waals surface area contributed by atoms with Crippen LogP contribution in [0.25, 0.3) is 0 Å². The molecule has 0 saturated heterocycles. The molecule has 0 atom stereocenters. The van der Waals surface area contributed by atoms with Gasteiger partial charge in [-0.2, -0.15) is 0 Å². The van der Waals surface area contributed by atoms with Gasteiger partial charge in [-0.15, -0.1) is 6.58 Å². The van der Waals surface area contributed by atoms with E-state index in [9.17, 15) is 4.79 Å².